The lowest BCUT2D eigenvalue weighted by Gasteiger charge is -2.37. The number of ether oxygens (including phenoxy) is 4. The quantitative estimate of drug-likeness (QED) is 0.431. The maximum Gasteiger partial charge on any atom is 0.165 e. The van der Waals surface area contributed by atoms with E-state index in [0.717, 1.165) is 73.8 Å². The number of benzene rings is 3. The van der Waals surface area contributed by atoms with Gasteiger partial charge in [0.25, 0.3) is 0 Å². The summed E-state index contributed by atoms with van der Waals surface area (Å²) in [6.45, 7) is 2.41. The lowest BCUT2D eigenvalue weighted by atomic mass is 9.89. The molecule has 3 aromatic carbocycles. The van der Waals surface area contributed by atoms with Gasteiger partial charge in [0.2, 0.25) is 0 Å². The van der Waals surface area contributed by atoms with Crippen molar-refractivity contribution in [3.05, 3.63) is 82.4 Å². The second-order valence-corrected chi connectivity index (χ2v) is 9.80. The molecule has 0 N–H and O–H groups in total. The number of fused-ring (bicyclic) bond motifs is 4. The second kappa shape index (κ2) is 9.46. The van der Waals surface area contributed by atoms with Crippen LogP contribution in [0, 0.1) is 0 Å². The molecular weight excluding hydrogens is 438 g/mol. The third-order valence-electron chi connectivity index (χ3n) is 7.52. The molecule has 0 aromatic heterocycles. The molecule has 3 aliphatic rings. The molecule has 35 heavy (non-hydrogen) atoms. The number of nitrogens with zero attached hydrogens (tertiary/aromatic N) is 1. The van der Waals surface area contributed by atoms with E-state index in [1.165, 1.54) is 22.3 Å². The van der Waals surface area contributed by atoms with Crippen LogP contribution in [-0.4, -0.2) is 31.8 Å². The Morgan fingerprint density at radius 1 is 0.829 bits per heavy atom. The molecule has 1 saturated carbocycles. The molecule has 6 rings (SSSR count). The van der Waals surface area contributed by atoms with Gasteiger partial charge in [0.15, 0.2) is 23.0 Å². The van der Waals surface area contributed by atoms with Crippen molar-refractivity contribution >= 4 is 0 Å². The molecule has 3 aromatic rings. The maximum absolute atomic E-state index is 6.27. The molecule has 5 nitrogen and oxygen atoms in total. The molecule has 5 heteroatoms. The van der Waals surface area contributed by atoms with E-state index in [9.17, 15) is 0 Å². The Labute approximate surface area is 207 Å². The Morgan fingerprint density at radius 2 is 1.69 bits per heavy atom. The molecule has 0 bridgehead atoms. The van der Waals surface area contributed by atoms with Crippen LogP contribution in [0.3, 0.4) is 0 Å². The first-order chi connectivity index (χ1) is 17.2. The highest BCUT2D eigenvalue weighted by Crippen LogP contribution is 2.45. The van der Waals surface area contributed by atoms with Crippen molar-refractivity contribution < 1.29 is 18.9 Å². The number of hydrogen-bond acceptors (Lipinski definition) is 5. The van der Waals surface area contributed by atoms with Crippen LogP contribution < -0.4 is 18.9 Å². The van der Waals surface area contributed by atoms with Crippen molar-refractivity contribution in [3.8, 4) is 23.0 Å². The Hall–Kier alpha value is -3.18. The first-order valence-electron chi connectivity index (χ1n) is 12.7. The summed E-state index contributed by atoms with van der Waals surface area (Å²) >= 11 is 0. The second-order valence-electron chi connectivity index (χ2n) is 9.80. The van der Waals surface area contributed by atoms with Crippen molar-refractivity contribution in [2.75, 3.05) is 20.8 Å². The molecule has 0 saturated heterocycles. The van der Waals surface area contributed by atoms with Crippen molar-refractivity contribution in [1.29, 1.82) is 0 Å². The summed E-state index contributed by atoms with van der Waals surface area (Å²) in [5, 5.41) is 0. The van der Waals surface area contributed by atoms with Gasteiger partial charge in [-0.1, -0.05) is 36.4 Å². The van der Waals surface area contributed by atoms with Gasteiger partial charge < -0.3 is 18.9 Å². The van der Waals surface area contributed by atoms with Gasteiger partial charge >= 0.3 is 0 Å². The fourth-order valence-electron chi connectivity index (χ4n) is 5.53. The largest absolute Gasteiger partial charge is 0.493 e. The standard InChI is InChI=1S/C30H33NO4/c1-32-28-16-22-14-15-31-18-25-21(9-13-27(30(25)33-2)35-23-10-11-23)8-12-26(31)24(22)17-29(28)34-19-20-6-4-3-5-7-20/h3-7,9,13,16-17,23,26H,8,10-12,14-15,18-19H2,1-2H3/t26-/m0/s1. The van der Waals surface area contributed by atoms with Crippen LogP contribution in [0.2, 0.25) is 0 Å². The van der Waals surface area contributed by atoms with Crippen molar-refractivity contribution in [2.45, 2.75) is 57.4 Å². The summed E-state index contributed by atoms with van der Waals surface area (Å²) in [5.74, 6) is 3.44. The van der Waals surface area contributed by atoms with Gasteiger partial charge in [-0.15, -0.1) is 0 Å². The predicted molar refractivity (Wildman–Crippen MR) is 136 cm³/mol. The third-order valence-corrected chi connectivity index (χ3v) is 7.52. The van der Waals surface area contributed by atoms with Crippen LogP contribution in [0.4, 0.5) is 0 Å². The zero-order valence-electron chi connectivity index (χ0n) is 20.6. The first kappa shape index (κ1) is 22.3. The van der Waals surface area contributed by atoms with E-state index >= 15 is 0 Å². The summed E-state index contributed by atoms with van der Waals surface area (Å²) in [4.78, 5) is 2.60. The molecular formula is C30H33NO4. The summed E-state index contributed by atoms with van der Waals surface area (Å²) < 4.78 is 24.1. The molecule has 0 amide bonds. The van der Waals surface area contributed by atoms with E-state index in [2.05, 4.69) is 41.3 Å². The van der Waals surface area contributed by atoms with Crippen molar-refractivity contribution in [1.82, 2.24) is 4.90 Å². The van der Waals surface area contributed by atoms with E-state index < -0.39 is 0 Å². The molecule has 1 fully saturated rings. The van der Waals surface area contributed by atoms with Gasteiger partial charge in [-0.3, -0.25) is 4.90 Å². The summed E-state index contributed by atoms with van der Waals surface area (Å²) in [7, 11) is 3.49. The Morgan fingerprint density at radius 3 is 2.46 bits per heavy atom. The summed E-state index contributed by atoms with van der Waals surface area (Å²) in [6, 6.07) is 19.4. The van der Waals surface area contributed by atoms with Gasteiger partial charge in [0.1, 0.15) is 6.61 Å². The van der Waals surface area contributed by atoms with Crippen molar-refractivity contribution in [2.24, 2.45) is 0 Å². The Kier molecular flexibility index (Phi) is 6.03. The normalized spacial score (nSPS) is 19.1. The Bertz CT molecular complexity index is 1200. The van der Waals surface area contributed by atoms with E-state index in [0.29, 0.717) is 18.8 Å². The third kappa shape index (κ3) is 4.45. The van der Waals surface area contributed by atoms with Crippen LogP contribution in [-0.2, 0) is 26.0 Å². The number of aryl methyl sites for hydroxylation is 1. The molecule has 182 valence electrons. The monoisotopic (exact) mass is 471 g/mol. The molecule has 1 atom stereocenters. The fourth-order valence-corrected chi connectivity index (χ4v) is 5.53. The summed E-state index contributed by atoms with van der Waals surface area (Å²) in [5.41, 5.74) is 6.53. The summed E-state index contributed by atoms with van der Waals surface area (Å²) in [6.07, 6.45) is 5.72. The van der Waals surface area contributed by atoms with E-state index in [-0.39, 0.29) is 0 Å². The predicted octanol–water partition coefficient (Wildman–Crippen LogP) is 5.87. The van der Waals surface area contributed by atoms with E-state index in [1.807, 2.05) is 18.2 Å². The van der Waals surface area contributed by atoms with Gasteiger partial charge in [0, 0.05) is 24.7 Å². The molecule has 0 unspecified atom stereocenters. The van der Waals surface area contributed by atoms with Crippen LogP contribution in [0.25, 0.3) is 0 Å². The number of hydrogen-bond donors (Lipinski definition) is 0. The fraction of sp³-hybridized carbons (Fsp3) is 0.400. The van der Waals surface area contributed by atoms with Gasteiger partial charge in [-0.05, 0) is 72.6 Å². The minimum Gasteiger partial charge on any atom is -0.493 e. The molecule has 2 aliphatic heterocycles. The molecule has 1 aliphatic carbocycles. The maximum atomic E-state index is 6.27. The Balaban J connectivity index is 1.29. The zero-order valence-corrected chi connectivity index (χ0v) is 20.6. The van der Waals surface area contributed by atoms with Gasteiger partial charge in [-0.2, -0.15) is 0 Å². The highest BCUT2D eigenvalue weighted by Gasteiger charge is 2.34. The van der Waals surface area contributed by atoms with Crippen LogP contribution in [0.5, 0.6) is 23.0 Å². The lowest BCUT2D eigenvalue weighted by molar-refractivity contribution is 0.170. The van der Waals surface area contributed by atoms with Crippen LogP contribution in [0.15, 0.2) is 54.6 Å². The number of methoxy groups -OCH3 is 2. The molecule has 2 heterocycles. The van der Waals surface area contributed by atoms with Crippen LogP contribution in [0.1, 0.15) is 53.1 Å². The number of rotatable bonds is 7. The average Bonchev–Trinajstić information content (AvgIpc) is 3.73. The highest BCUT2D eigenvalue weighted by molar-refractivity contribution is 5.53. The SMILES string of the molecule is COc1cc2c(cc1OCc1ccccc1)[C@@H]1CCc3ccc(OC4CC4)c(OC)c3CN1CC2. The van der Waals surface area contributed by atoms with Crippen molar-refractivity contribution in [3.63, 3.8) is 0 Å². The highest BCUT2D eigenvalue weighted by atomic mass is 16.5. The van der Waals surface area contributed by atoms with E-state index in [4.69, 9.17) is 18.9 Å². The zero-order chi connectivity index (χ0) is 23.8. The van der Waals surface area contributed by atoms with Gasteiger partial charge in [-0.25, -0.2) is 0 Å². The molecule has 0 spiro atoms. The molecule has 0 radical (unpaired) electrons. The minimum absolute atomic E-state index is 0.341. The van der Waals surface area contributed by atoms with E-state index in [1.54, 1.807) is 14.2 Å². The van der Waals surface area contributed by atoms with Crippen LogP contribution >= 0.6 is 0 Å². The topological polar surface area (TPSA) is 40.2 Å². The first-order valence-corrected chi connectivity index (χ1v) is 12.7. The lowest BCUT2D eigenvalue weighted by Crippen LogP contribution is -2.34. The average molecular weight is 472 g/mol. The smallest absolute Gasteiger partial charge is 0.165 e. The minimum atomic E-state index is 0.341. The van der Waals surface area contributed by atoms with Gasteiger partial charge in [0.05, 0.1) is 20.3 Å².